The van der Waals surface area contributed by atoms with Crippen molar-refractivity contribution in [1.82, 2.24) is 5.32 Å². The van der Waals surface area contributed by atoms with Gasteiger partial charge >= 0.3 is 0 Å². The lowest BCUT2D eigenvalue weighted by atomic mass is 9.89. The van der Waals surface area contributed by atoms with Crippen molar-refractivity contribution in [2.75, 3.05) is 13.7 Å². The molecule has 2 atom stereocenters. The van der Waals surface area contributed by atoms with E-state index in [1.165, 1.54) is 0 Å². The van der Waals surface area contributed by atoms with Crippen molar-refractivity contribution >= 4 is 5.91 Å². The molecule has 0 spiro atoms. The van der Waals surface area contributed by atoms with Crippen molar-refractivity contribution in [2.24, 2.45) is 11.7 Å². The van der Waals surface area contributed by atoms with Crippen LogP contribution < -0.4 is 15.8 Å². The fourth-order valence-corrected chi connectivity index (χ4v) is 2.94. The molecule has 4 nitrogen and oxygen atoms in total. The molecule has 4 heteroatoms. The largest absolute Gasteiger partial charge is 0.496 e. The van der Waals surface area contributed by atoms with E-state index in [2.05, 4.69) is 19.2 Å². The molecule has 124 valence electrons. The molecule has 0 saturated carbocycles. The number of amides is 1. The fourth-order valence-electron chi connectivity index (χ4n) is 2.94. The fraction of sp³-hybridized carbons (Fsp3) is 0.611. The van der Waals surface area contributed by atoms with Crippen molar-refractivity contribution in [3.63, 3.8) is 0 Å². The summed E-state index contributed by atoms with van der Waals surface area (Å²) < 4.78 is 5.37. The molecule has 1 rings (SSSR count). The second-order valence-corrected chi connectivity index (χ2v) is 6.76. The van der Waals surface area contributed by atoms with Gasteiger partial charge < -0.3 is 15.8 Å². The Morgan fingerprint density at radius 3 is 2.50 bits per heavy atom. The molecule has 0 aliphatic carbocycles. The van der Waals surface area contributed by atoms with E-state index in [1.54, 1.807) is 7.11 Å². The van der Waals surface area contributed by atoms with E-state index in [4.69, 9.17) is 10.5 Å². The molecule has 22 heavy (non-hydrogen) atoms. The van der Waals surface area contributed by atoms with Crippen LogP contribution in [0.3, 0.4) is 0 Å². The third-order valence-corrected chi connectivity index (χ3v) is 3.91. The highest BCUT2D eigenvalue weighted by Gasteiger charge is 2.26. The minimum absolute atomic E-state index is 0.0343. The van der Waals surface area contributed by atoms with Gasteiger partial charge in [0.25, 0.3) is 0 Å². The van der Waals surface area contributed by atoms with Crippen LogP contribution in [0.1, 0.15) is 52.0 Å². The first-order valence-corrected chi connectivity index (χ1v) is 7.95. The molecular weight excluding hydrogens is 276 g/mol. The monoisotopic (exact) mass is 306 g/mol. The Balaban J connectivity index is 2.71. The van der Waals surface area contributed by atoms with Gasteiger partial charge in [-0.1, -0.05) is 39.0 Å². The predicted molar refractivity (Wildman–Crippen MR) is 91.1 cm³/mol. The highest BCUT2D eigenvalue weighted by molar-refractivity contribution is 5.77. The molecule has 0 bridgehead atoms. The van der Waals surface area contributed by atoms with E-state index in [0.29, 0.717) is 18.9 Å². The smallest absolute Gasteiger partial charge is 0.221 e. The zero-order valence-corrected chi connectivity index (χ0v) is 14.5. The number of ether oxygens (including phenoxy) is 1. The molecule has 0 saturated heterocycles. The third-order valence-electron chi connectivity index (χ3n) is 3.91. The Labute approximate surface area is 134 Å². The molecule has 1 amide bonds. The molecule has 2 unspecified atom stereocenters. The predicted octanol–water partition coefficient (Wildman–Crippen LogP) is 3.07. The van der Waals surface area contributed by atoms with Gasteiger partial charge in [-0.3, -0.25) is 4.79 Å². The van der Waals surface area contributed by atoms with E-state index in [9.17, 15) is 4.79 Å². The zero-order valence-electron chi connectivity index (χ0n) is 14.5. The summed E-state index contributed by atoms with van der Waals surface area (Å²) >= 11 is 0. The average Bonchev–Trinajstić information content (AvgIpc) is 2.45. The third kappa shape index (κ3) is 5.34. The highest BCUT2D eigenvalue weighted by Crippen LogP contribution is 2.28. The summed E-state index contributed by atoms with van der Waals surface area (Å²) in [5.74, 6) is 1.44. The van der Waals surface area contributed by atoms with Gasteiger partial charge in [0.2, 0.25) is 5.91 Å². The number of rotatable bonds is 8. The van der Waals surface area contributed by atoms with Gasteiger partial charge in [-0.15, -0.1) is 0 Å². The first-order valence-electron chi connectivity index (χ1n) is 7.95. The van der Waals surface area contributed by atoms with E-state index in [0.717, 1.165) is 17.7 Å². The number of nitrogens with two attached hydrogens (primary N) is 1. The van der Waals surface area contributed by atoms with Crippen LogP contribution in [0.25, 0.3) is 0 Å². The number of para-hydroxylation sites is 1. The Morgan fingerprint density at radius 1 is 1.32 bits per heavy atom. The number of carbonyl (C=O) groups excluding carboxylic acids is 1. The number of hydrogen-bond donors (Lipinski definition) is 2. The van der Waals surface area contributed by atoms with Crippen molar-refractivity contribution in [1.29, 1.82) is 0 Å². The number of hydrogen-bond acceptors (Lipinski definition) is 3. The molecule has 0 aliphatic rings. The van der Waals surface area contributed by atoms with Crippen LogP contribution in [0, 0.1) is 5.92 Å². The van der Waals surface area contributed by atoms with Gasteiger partial charge in [-0.05, 0) is 36.8 Å². The van der Waals surface area contributed by atoms with Crippen LogP contribution in [0.15, 0.2) is 24.3 Å². The summed E-state index contributed by atoms with van der Waals surface area (Å²) in [4.78, 5) is 12.4. The van der Waals surface area contributed by atoms with Crippen molar-refractivity contribution in [2.45, 2.75) is 52.0 Å². The molecule has 1 aromatic rings. The first kappa shape index (κ1) is 18.5. The van der Waals surface area contributed by atoms with E-state index < -0.39 is 0 Å². The van der Waals surface area contributed by atoms with Crippen LogP contribution in [0.4, 0.5) is 0 Å². The lowest BCUT2D eigenvalue weighted by molar-refractivity contribution is -0.123. The van der Waals surface area contributed by atoms with Gasteiger partial charge in [-0.25, -0.2) is 0 Å². The number of methoxy groups -OCH3 is 1. The molecule has 1 aromatic carbocycles. The average molecular weight is 306 g/mol. The van der Waals surface area contributed by atoms with Crippen LogP contribution in [-0.4, -0.2) is 25.1 Å². The van der Waals surface area contributed by atoms with E-state index in [1.807, 2.05) is 38.1 Å². The van der Waals surface area contributed by atoms with Crippen LogP contribution >= 0.6 is 0 Å². The summed E-state index contributed by atoms with van der Waals surface area (Å²) in [6.07, 6.45) is 1.30. The van der Waals surface area contributed by atoms with E-state index in [-0.39, 0.29) is 17.4 Å². The van der Waals surface area contributed by atoms with Crippen molar-refractivity contribution < 1.29 is 9.53 Å². The maximum Gasteiger partial charge on any atom is 0.221 e. The Bertz CT molecular complexity index is 488. The molecule has 0 radical (unpaired) electrons. The quantitative estimate of drug-likeness (QED) is 0.776. The molecule has 0 heterocycles. The number of benzene rings is 1. The lowest BCUT2D eigenvalue weighted by Gasteiger charge is -2.31. The van der Waals surface area contributed by atoms with Gasteiger partial charge in [0.15, 0.2) is 0 Å². The maximum atomic E-state index is 12.4. The Morgan fingerprint density at radius 2 is 1.95 bits per heavy atom. The van der Waals surface area contributed by atoms with Crippen LogP contribution in [0.5, 0.6) is 5.75 Å². The molecule has 0 aliphatic heterocycles. The highest BCUT2D eigenvalue weighted by atomic mass is 16.5. The maximum absolute atomic E-state index is 12.4. The van der Waals surface area contributed by atoms with Gasteiger partial charge in [0.05, 0.1) is 7.11 Å². The minimum atomic E-state index is -0.342. The second-order valence-electron chi connectivity index (χ2n) is 6.76. The minimum Gasteiger partial charge on any atom is -0.496 e. The van der Waals surface area contributed by atoms with E-state index >= 15 is 0 Å². The summed E-state index contributed by atoms with van der Waals surface area (Å²) in [7, 11) is 1.65. The Hall–Kier alpha value is -1.55. The van der Waals surface area contributed by atoms with Crippen molar-refractivity contribution in [3.05, 3.63) is 29.8 Å². The summed E-state index contributed by atoms with van der Waals surface area (Å²) in [6, 6.07) is 7.83. The van der Waals surface area contributed by atoms with Gasteiger partial charge in [0, 0.05) is 18.5 Å². The number of carbonyl (C=O) groups is 1. The Kier molecular flexibility index (Phi) is 6.88. The molecule has 0 aromatic heterocycles. The second kappa shape index (κ2) is 8.18. The van der Waals surface area contributed by atoms with Gasteiger partial charge in [-0.2, -0.15) is 0 Å². The standard InChI is InChI=1S/C18H30N2O2/c1-13(2)11-18(4,12-19)20-17(21)10-14(3)15-8-6-7-9-16(15)22-5/h6-9,13-14H,10-12,19H2,1-5H3,(H,20,21). The van der Waals surface area contributed by atoms with Crippen LogP contribution in [-0.2, 0) is 4.79 Å². The van der Waals surface area contributed by atoms with Crippen LogP contribution in [0.2, 0.25) is 0 Å². The summed E-state index contributed by atoms with van der Waals surface area (Å²) in [5.41, 5.74) is 6.57. The topological polar surface area (TPSA) is 64.3 Å². The molecule has 3 N–H and O–H groups in total. The molecular formula is C18H30N2O2. The normalized spacial score (nSPS) is 15.2. The van der Waals surface area contributed by atoms with Crippen molar-refractivity contribution in [3.8, 4) is 5.75 Å². The van der Waals surface area contributed by atoms with Gasteiger partial charge in [0.1, 0.15) is 5.75 Å². The summed E-state index contributed by atoms with van der Waals surface area (Å²) in [5, 5.41) is 3.11. The summed E-state index contributed by atoms with van der Waals surface area (Å²) in [6.45, 7) is 8.77. The lowest BCUT2D eigenvalue weighted by Crippen LogP contribution is -2.52. The first-order chi connectivity index (χ1) is 10.3. The SMILES string of the molecule is COc1ccccc1C(C)CC(=O)NC(C)(CN)CC(C)C. The zero-order chi connectivity index (χ0) is 16.8. The number of nitrogens with one attached hydrogen (secondary N) is 1. The molecule has 0 fully saturated rings.